The number of hydrogen-bond donors (Lipinski definition) is 0. The van der Waals surface area contributed by atoms with Gasteiger partial charge in [0.1, 0.15) is 5.69 Å². The van der Waals surface area contributed by atoms with Crippen LogP contribution >= 0.6 is 11.6 Å². The molecule has 3 aromatic rings. The van der Waals surface area contributed by atoms with E-state index in [1.54, 1.807) is 9.36 Å². The molecule has 1 atom stereocenters. The Morgan fingerprint density at radius 3 is 2.68 bits per heavy atom. The van der Waals surface area contributed by atoms with Crippen molar-refractivity contribution in [2.75, 3.05) is 0 Å². The van der Waals surface area contributed by atoms with Gasteiger partial charge in [-0.25, -0.2) is 0 Å². The Balaban J connectivity index is 1.63. The molecule has 0 bridgehead atoms. The molecule has 12 heteroatoms. The third-order valence-electron chi connectivity index (χ3n) is 5.17. The molecule has 0 aromatic carbocycles. The number of hydrogen-bond acceptors (Lipinski definition) is 5. The number of alkyl halides is 3. The van der Waals surface area contributed by atoms with E-state index in [4.69, 9.17) is 11.6 Å². The van der Waals surface area contributed by atoms with Crippen molar-refractivity contribution < 1.29 is 18.0 Å². The van der Waals surface area contributed by atoms with E-state index in [0.29, 0.717) is 17.9 Å². The Labute approximate surface area is 180 Å². The minimum absolute atomic E-state index is 0.0974. The molecule has 0 fully saturated rings. The smallest absolute Gasteiger partial charge is 0.329 e. The molecular weight excluding hydrogens is 435 g/mol. The van der Waals surface area contributed by atoms with Gasteiger partial charge in [-0.15, -0.1) is 5.10 Å². The van der Waals surface area contributed by atoms with Gasteiger partial charge in [-0.1, -0.05) is 16.8 Å². The van der Waals surface area contributed by atoms with Crippen LogP contribution < -0.4 is 0 Å². The first-order valence-electron chi connectivity index (χ1n) is 9.59. The minimum Gasteiger partial charge on any atom is -0.329 e. The maximum atomic E-state index is 13.1. The number of carbonyl (C=O) groups is 1. The van der Waals surface area contributed by atoms with Gasteiger partial charge in [0.15, 0.2) is 11.5 Å². The van der Waals surface area contributed by atoms with Gasteiger partial charge in [-0.3, -0.25) is 14.5 Å². The number of fused-ring (bicyclic) bond motifs is 1. The summed E-state index contributed by atoms with van der Waals surface area (Å²) < 4.78 is 42.8. The van der Waals surface area contributed by atoms with Crippen molar-refractivity contribution in [3.63, 3.8) is 0 Å². The van der Waals surface area contributed by atoms with Crippen molar-refractivity contribution in [3.8, 4) is 5.82 Å². The SMILES string of the molecule is CC1Cc2c(nnn2-c2ccn(C(C)C)n2)CN1C(=O)c1ccnc(C(F)(F)F)c1Cl. The maximum absolute atomic E-state index is 13.1. The van der Waals surface area contributed by atoms with Crippen molar-refractivity contribution >= 4 is 17.5 Å². The average Bonchev–Trinajstić information content (AvgIpc) is 3.32. The number of amides is 1. The summed E-state index contributed by atoms with van der Waals surface area (Å²) >= 11 is 5.89. The second-order valence-corrected chi connectivity index (χ2v) is 8.03. The number of aromatic nitrogens is 6. The van der Waals surface area contributed by atoms with Crippen molar-refractivity contribution in [1.82, 2.24) is 34.7 Å². The first-order chi connectivity index (χ1) is 14.6. The average molecular weight is 454 g/mol. The monoisotopic (exact) mass is 453 g/mol. The van der Waals surface area contributed by atoms with Crippen molar-refractivity contribution in [1.29, 1.82) is 0 Å². The van der Waals surface area contributed by atoms with Crippen LogP contribution in [-0.2, 0) is 19.1 Å². The molecule has 0 N–H and O–H groups in total. The van der Waals surface area contributed by atoms with Gasteiger partial charge in [0.05, 0.1) is 22.8 Å². The molecule has 8 nitrogen and oxygen atoms in total. The van der Waals surface area contributed by atoms with Gasteiger partial charge in [0, 0.05) is 37.0 Å². The van der Waals surface area contributed by atoms with Crippen LogP contribution in [0, 0.1) is 0 Å². The summed E-state index contributed by atoms with van der Waals surface area (Å²) in [4.78, 5) is 17.8. The zero-order chi connectivity index (χ0) is 22.5. The summed E-state index contributed by atoms with van der Waals surface area (Å²) in [6, 6.07) is 2.89. The molecular formula is C19H19ClF3N7O. The highest BCUT2D eigenvalue weighted by atomic mass is 35.5. The molecule has 1 aliphatic rings. The summed E-state index contributed by atoms with van der Waals surface area (Å²) in [6.45, 7) is 5.92. The molecule has 0 saturated carbocycles. The van der Waals surface area contributed by atoms with Crippen LogP contribution in [0.2, 0.25) is 5.02 Å². The predicted octanol–water partition coefficient (Wildman–Crippen LogP) is 3.70. The van der Waals surface area contributed by atoms with E-state index < -0.39 is 22.8 Å². The summed E-state index contributed by atoms with van der Waals surface area (Å²) in [5.74, 6) is -0.00360. The maximum Gasteiger partial charge on any atom is 0.434 e. The highest BCUT2D eigenvalue weighted by molar-refractivity contribution is 6.34. The molecule has 1 amide bonds. The first-order valence-corrected chi connectivity index (χ1v) is 9.97. The summed E-state index contributed by atoms with van der Waals surface area (Å²) in [7, 11) is 0. The Bertz CT molecular complexity index is 1140. The summed E-state index contributed by atoms with van der Waals surface area (Å²) in [5, 5.41) is 12.1. The molecule has 0 spiro atoms. The Hall–Kier alpha value is -2.95. The molecule has 31 heavy (non-hydrogen) atoms. The zero-order valence-corrected chi connectivity index (χ0v) is 17.7. The second-order valence-electron chi connectivity index (χ2n) is 7.65. The van der Waals surface area contributed by atoms with Gasteiger partial charge in [0.2, 0.25) is 0 Å². The molecule has 4 heterocycles. The standard InChI is InChI=1S/C19H19ClF3N7O/c1-10(2)29-7-5-15(26-29)30-14-8-11(3)28(9-13(14)25-27-30)18(31)12-4-6-24-17(16(12)20)19(21,22)23/h4-7,10-11H,8-9H2,1-3H3. The van der Waals surface area contributed by atoms with E-state index in [1.807, 2.05) is 33.0 Å². The highest BCUT2D eigenvalue weighted by Gasteiger charge is 2.38. The lowest BCUT2D eigenvalue weighted by Crippen LogP contribution is -2.43. The van der Waals surface area contributed by atoms with Gasteiger partial charge in [-0.05, 0) is 26.8 Å². The molecule has 164 valence electrons. The zero-order valence-electron chi connectivity index (χ0n) is 16.9. The van der Waals surface area contributed by atoms with E-state index in [-0.39, 0.29) is 24.2 Å². The lowest BCUT2D eigenvalue weighted by molar-refractivity contribution is -0.141. The Morgan fingerprint density at radius 1 is 1.29 bits per heavy atom. The molecule has 1 aliphatic heterocycles. The largest absolute Gasteiger partial charge is 0.434 e. The van der Waals surface area contributed by atoms with Crippen molar-refractivity contribution in [2.24, 2.45) is 0 Å². The van der Waals surface area contributed by atoms with Crippen molar-refractivity contribution in [3.05, 3.63) is 52.2 Å². The number of carbonyl (C=O) groups excluding carboxylic acids is 1. The first kappa shape index (κ1) is 21.3. The predicted molar refractivity (Wildman–Crippen MR) is 105 cm³/mol. The van der Waals surface area contributed by atoms with Gasteiger partial charge >= 0.3 is 6.18 Å². The molecule has 4 rings (SSSR count). The lowest BCUT2D eigenvalue weighted by atomic mass is 10.0. The normalized spacial score (nSPS) is 16.6. The fraction of sp³-hybridized carbons (Fsp3) is 0.421. The van der Waals surface area contributed by atoms with Crippen LogP contribution in [0.1, 0.15) is 54.3 Å². The van der Waals surface area contributed by atoms with Gasteiger partial charge in [-0.2, -0.15) is 23.0 Å². The number of pyridine rings is 1. The number of nitrogens with zero attached hydrogens (tertiary/aromatic N) is 7. The Kier molecular flexibility index (Phi) is 5.24. The van der Waals surface area contributed by atoms with E-state index in [0.717, 1.165) is 11.9 Å². The fourth-order valence-electron chi connectivity index (χ4n) is 3.51. The molecule has 0 radical (unpaired) electrons. The summed E-state index contributed by atoms with van der Waals surface area (Å²) in [6.07, 6.45) is -1.56. The third-order valence-corrected chi connectivity index (χ3v) is 5.56. The van der Waals surface area contributed by atoms with Crippen LogP contribution in [0.25, 0.3) is 5.82 Å². The van der Waals surface area contributed by atoms with Crippen LogP contribution in [0.5, 0.6) is 0 Å². The van der Waals surface area contributed by atoms with Crippen LogP contribution in [0.15, 0.2) is 24.5 Å². The quantitative estimate of drug-likeness (QED) is 0.604. The van der Waals surface area contributed by atoms with E-state index in [1.165, 1.54) is 11.0 Å². The van der Waals surface area contributed by atoms with Crippen LogP contribution in [-0.4, -0.2) is 46.6 Å². The lowest BCUT2D eigenvalue weighted by Gasteiger charge is -2.33. The van der Waals surface area contributed by atoms with Crippen LogP contribution in [0.4, 0.5) is 13.2 Å². The van der Waals surface area contributed by atoms with Gasteiger partial charge < -0.3 is 4.90 Å². The van der Waals surface area contributed by atoms with Crippen LogP contribution in [0.3, 0.4) is 0 Å². The fourth-order valence-corrected chi connectivity index (χ4v) is 3.81. The summed E-state index contributed by atoms with van der Waals surface area (Å²) in [5.41, 5.74) is -0.159. The van der Waals surface area contributed by atoms with E-state index in [2.05, 4.69) is 20.4 Å². The number of rotatable bonds is 3. The van der Waals surface area contributed by atoms with E-state index in [9.17, 15) is 18.0 Å². The molecule has 1 unspecified atom stereocenters. The van der Waals surface area contributed by atoms with Gasteiger partial charge in [0.25, 0.3) is 5.91 Å². The minimum atomic E-state index is -4.75. The molecule has 0 aliphatic carbocycles. The highest BCUT2D eigenvalue weighted by Crippen LogP contribution is 2.35. The number of halogens is 4. The second kappa shape index (κ2) is 7.63. The third kappa shape index (κ3) is 3.78. The topological polar surface area (TPSA) is 81.7 Å². The Morgan fingerprint density at radius 2 is 2.03 bits per heavy atom. The molecule has 3 aromatic heterocycles. The van der Waals surface area contributed by atoms with Crippen molar-refractivity contribution in [2.45, 2.75) is 52.0 Å². The van der Waals surface area contributed by atoms with E-state index >= 15 is 0 Å². The molecule has 0 saturated heterocycles.